The van der Waals surface area contributed by atoms with E-state index in [0.717, 1.165) is 11.1 Å². The van der Waals surface area contributed by atoms with Gasteiger partial charge in [0.1, 0.15) is 23.0 Å². The molecular weight excluding hydrogens is 665 g/mol. The summed E-state index contributed by atoms with van der Waals surface area (Å²) in [6.07, 6.45) is 0. The second-order valence-corrected chi connectivity index (χ2v) is 12.9. The van der Waals surface area contributed by atoms with E-state index in [4.69, 9.17) is 9.47 Å². The van der Waals surface area contributed by atoms with Gasteiger partial charge in [-0.05, 0) is 96.1 Å². The summed E-state index contributed by atoms with van der Waals surface area (Å²) < 4.78 is 12.2. The first-order valence-corrected chi connectivity index (χ1v) is 17.4. The predicted octanol–water partition coefficient (Wildman–Crippen LogP) is 10.2. The Morgan fingerprint density at radius 1 is 0.396 bits per heavy atom. The summed E-state index contributed by atoms with van der Waals surface area (Å²) in [7, 11) is 0. The van der Waals surface area contributed by atoms with Gasteiger partial charge in [-0.1, -0.05) is 88.4 Å². The predicted molar refractivity (Wildman–Crippen MR) is 205 cm³/mol. The van der Waals surface area contributed by atoms with Crippen molar-refractivity contribution in [2.45, 2.75) is 33.1 Å². The van der Waals surface area contributed by atoms with Crippen LogP contribution in [0.15, 0.2) is 146 Å². The van der Waals surface area contributed by atoms with Gasteiger partial charge in [0, 0.05) is 5.41 Å². The highest BCUT2D eigenvalue weighted by molar-refractivity contribution is 6.35. The van der Waals surface area contributed by atoms with Gasteiger partial charge in [0.2, 0.25) is 0 Å². The highest BCUT2D eigenvalue weighted by Gasteiger charge is 2.38. The fourth-order valence-corrected chi connectivity index (χ4v) is 6.51. The first-order valence-electron chi connectivity index (χ1n) is 17.4. The quantitative estimate of drug-likeness (QED) is 0.147. The number of amides is 4. The van der Waals surface area contributed by atoms with Crippen LogP contribution in [0.3, 0.4) is 0 Å². The maximum absolute atomic E-state index is 13.2. The summed E-state index contributed by atoms with van der Waals surface area (Å²) in [6, 6.07) is 43.1. The highest BCUT2D eigenvalue weighted by Crippen LogP contribution is 2.37. The van der Waals surface area contributed by atoms with E-state index in [1.807, 2.05) is 74.5 Å². The molecule has 6 aromatic carbocycles. The monoisotopic (exact) mass is 700 g/mol. The van der Waals surface area contributed by atoms with Crippen LogP contribution >= 0.6 is 0 Å². The van der Waals surface area contributed by atoms with Gasteiger partial charge in [0.05, 0.1) is 33.6 Å². The van der Waals surface area contributed by atoms with Crippen molar-refractivity contribution >= 4 is 35.0 Å². The van der Waals surface area contributed by atoms with Crippen molar-refractivity contribution in [2.24, 2.45) is 0 Å². The summed E-state index contributed by atoms with van der Waals surface area (Å²) >= 11 is 0. The third-order valence-electron chi connectivity index (χ3n) is 9.37. The molecule has 2 aliphatic rings. The number of hydrogen-bond acceptors (Lipinski definition) is 6. The Balaban J connectivity index is 0.00000214. The van der Waals surface area contributed by atoms with Gasteiger partial charge in [-0.15, -0.1) is 0 Å². The largest absolute Gasteiger partial charge is 0.457 e. The number of hydrogen-bond donors (Lipinski definition) is 0. The van der Waals surface area contributed by atoms with Crippen LogP contribution in [0.2, 0.25) is 0 Å². The third kappa shape index (κ3) is 6.36. The van der Waals surface area contributed by atoms with Crippen LogP contribution in [-0.4, -0.2) is 23.6 Å². The zero-order valence-electron chi connectivity index (χ0n) is 29.7. The molecule has 8 rings (SSSR count). The molecule has 4 amide bonds. The summed E-state index contributed by atoms with van der Waals surface area (Å²) in [4.78, 5) is 54.6. The minimum atomic E-state index is -0.380. The number of imide groups is 2. The number of carbonyl (C=O) groups is 4. The summed E-state index contributed by atoms with van der Waals surface area (Å²) in [5.41, 5.74) is 4.11. The highest BCUT2D eigenvalue weighted by atomic mass is 16.5. The Bertz CT molecular complexity index is 2190. The van der Waals surface area contributed by atoms with Crippen LogP contribution in [0.1, 0.15) is 80.3 Å². The molecule has 0 spiro atoms. The van der Waals surface area contributed by atoms with Crippen molar-refractivity contribution in [3.05, 3.63) is 179 Å². The molecule has 0 saturated heterocycles. The van der Waals surface area contributed by atoms with Crippen molar-refractivity contribution in [3.63, 3.8) is 0 Å². The van der Waals surface area contributed by atoms with Crippen LogP contribution in [-0.2, 0) is 5.41 Å². The maximum Gasteiger partial charge on any atom is 0.266 e. The maximum atomic E-state index is 13.2. The lowest BCUT2D eigenvalue weighted by molar-refractivity contribution is 0.0910. The molecule has 8 heteroatoms. The smallest absolute Gasteiger partial charge is 0.266 e. The number of ether oxygens (including phenoxy) is 2. The normalized spacial score (nSPS) is 13.4. The SMILES string of the molecule is CC.CC(C)(c1ccc(Oc2ccc3c(c2)C(=O)N(c2ccccc2)C3=O)cc1)c1ccc(Oc2ccc3c(c2)C(=O)N(c2ccccc2)C3=O)cc1. The molecule has 2 heterocycles. The number of benzene rings is 6. The second kappa shape index (κ2) is 14.1. The molecule has 0 fully saturated rings. The van der Waals surface area contributed by atoms with E-state index in [-0.39, 0.29) is 29.0 Å². The minimum Gasteiger partial charge on any atom is -0.457 e. The Kier molecular flexibility index (Phi) is 9.20. The molecule has 0 unspecified atom stereocenters. The van der Waals surface area contributed by atoms with Crippen molar-refractivity contribution in [1.82, 2.24) is 0 Å². The molecule has 0 bridgehead atoms. The summed E-state index contributed by atoms with van der Waals surface area (Å²) in [5, 5.41) is 0. The van der Waals surface area contributed by atoms with E-state index < -0.39 is 0 Å². The fourth-order valence-electron chi connectivity index (χ4n) is 6.51. The minimum absolute atomic E-state index is 0.306. The Morgan fingerprint density at radius 3 is 1.08 bits per heavy atom. The van der Waals surface area contributed by atoms with Gasteiger partial charge < -0.3 is 9.47 Å². The van der Waals surface area contributed by atoms with Crippen molar-refractivity contribution < 1.29 is 28.7 Å². The molecule has 8 nitrogen and oxygen atoms in total. The molecule has 53 heavy (non-hydrogen) atoms. The average molecular weight is 701 g/mol. The summed E-state index contributed by atoms with van der Waals surface area (Å²) in [6.45, 7) is 8.25. The lowest BCUT2D eigenvalue weighted by atomic mass is 9.78. The van der Waals surface area contributed by atoms with Gasteiger partial charge in [0.25, 0.3) is 23.6 Å². The van der Waals surface area contributed by atoms with Gasteiger partial charge in [-0.3, -0.25) is 19.2 Å². The number of anilines is 2. The van der Waals surface area contributed by atoms with Crippen LogP contribution in [0.4, 0.5) is 11.4 Å². The van der Waals surface area contributed by atoms with Crippen LogP contribution in [0.5, 0.6) is 23.0 Å². The standard InChI is InChI=1S/C43H30N2O6.C2H6/c1-43(2,27-13-17-31(18-14-27)50-33-21-23-35-37(25-33)41(48)44(39(35)46)29-9-5-3-6-10-29)28-15-19-32(20-16-28)51-34-22-24-36-38(26-34)42(49)45(40(36)47)30-11-7-4-8-12-30;1-2/h3-26H,1-2H3;1-2H3. The van der Waals surface area contributed by atoms with E-state index in [1.54, 1.807) is 84.9 Å². The molecule has 0 N–H and O–H groups in total. The lowest BCUT2D eigenvalue weighted by Crippen LogP contribution is -2.29. The third-order valence-corrected chi connectivity index (χ3v) is 9.37. The van der Waals surface area contributed by atoms with Crippen LogP contribution in [0, 0.1) is 0 Å². The van der Waals surface area contributed by atoms with E-state index in [2.05, 4.69) is 13.8 Å². The second-order valence-electron chi connectivity index (χ2n) is 12.9. The number of para-hydroxylation sites is 2. The first-order chi connectivity index (χ1) is 25.7. The number of carbonyl (C=O) groups excluding carboxylic acids is 4. The van der Waals surface area contributed by atoms with Crippen molar-refractivity contribution in [2.75, 3.05) is 9.80 Å². The molecule has 0 atom stereocenters. The molecule has 262 valence electrons. The van der Waals surface area contributed by atoms with Gasteiger partial charge >= 0.3 is 0 Å². The molecule has 6 aromatic rings. The van der Waals surface area contributed by atoms with E-state index in [0.29, 0.717) is 56.6 Å². The van der Waals surface area contributed by atoms with Crippen molar-refractivity contribution in [3.8, 4) is 23.0 Å². The molecule has 2 aliphatic heterocycles. The Labute approximate surface area is 307 Å². The topological polar surface area (TPSA) is 93.2 Å². The van der Waals surface area contributed by atoms with Gasteiger partial charge in [-0.2, -0.15) is 0 Å². The molecule has 0 radical (unpaired) electrons. The number of fused-ring (bicyclic) bond motifs is 2. The zero-order valence-corrected chi connectivity index (χ0v) is 29.7. The van der Waals surface area contributed by atoms with E-state index in [9.17, 15) is 19.2 Å². The summed E-state index contributed by atoms with van der Waals surface area (Å²) in [5.74, 6) is 0.635. The van der Waals surface area contributed by atoms with E-state index in [1.165, 1.54) is 9.80 Å². The molecular formula is C45H36N2O6. The molecule has 0 saturated carbocycles. The Morgan fingerprint density at radius 2 is 0.717 bits per heavy atom. The zero-order chi connectivity index (χ0) is 37.3. The fraction of sp³-hybridized carbons (Fsp3) is 0.111. The molecule has 0 aliphatic carbocycles. The lowest BCUT2D eigenvalue weighted by Gasteiger charge is -2.26. The number of rotatable bonds is 8. The first kappa shape index (κ1) is 34.6. The van der Waals surface area contributed by atoms with Crippen LogP contribution in [0.25, 0.3) is 0 Å². The molecule has 0 aromatic heterocycles. The Hall–Kier alpha value is -6.80. The van der Waals surface area contributed by atoms with Gasteiger partial charge in [0.15, 0.2) is 0 Å². The average Bonchev–Trinajstić information content (AvgIpc) is 3.59. The van der Waals surface area contributed by atoms with Crippen LogP contribution < -0.4 is 19.3 Å². The van der Waals surface area contributed by atoms with Crippen molar-refractivity contribution in [1.29, 1.82) is 0 Å². The van der Waals surface area contributed by atoms with Gasteiger partial charge in [-0.25, -0.2) is 9.80 Å². The van der Waals surface area contributed by atoms with E-state index >= 15 is 0 Å². The number of nitrogens with zero attached hydrogens (tertiary/aromatic N) is 2.